The highest BCUT2D eigenvalue weighted by Crippen LogP contribution is 2.60. The molecule has 0 saturated heterocycles. The van der Waals surface area contributed by atoms with Gasteiger partial charge in [-0.3, -0.25) is 0 Å². The Balaban J connectivity index is 1.09. The summed E-state index contributed by atoms with van der Waals surface area (Å²) in [6, 6.07) is 77.0. The van der Waals surface area contributed by atoms with Gasteiger partial charge in [0.05, 0.1) is 11.4 Å². The highest BCUT2D eigenvalue weighted by molar-refractivity contribution is 7.21. The third kappa shape index (κ3) is 7.78. The molecule has 0 fully saturated rings. The van der Waals surface area contributed by atoms with E-state index >= 15 is 0 Å². The van der Waals surface area contributed by atoms with Crippen molar-refractivity contribution in [2.24, 2.45) is 0 Å². The lowest BCUT2D eigenvalue weighted by Gasteiger charge is -2.46. The molecular formula is C81H73BN2OS. The van der Waals surface area contributed by atoms with E-state index in [0.717, 1.165) is 44.7 Å². The Morgan fingerprint density at radius 3 is 1.63 bits per heavy atom. The number of para-hydroxylation sites is 1. The lowest BCUT2D eigenvalue weighted by atomic mass is 9.43. The van der Waals surface area contributed by atoms with Crippen LogP contribution in [-0.4, -0.2) is 6.85 Å². The standard InChI is InChI=1S/C81H73BN2OS/c1-77(2,3)51-32-35-53(36-33-51)84-69-47-64-56(57-43-65-66(46-63(57)81(64,11)12)80(9,10)39-38-79(65,7)8)41-58(69)59-42-60-54-30-22-23-31-71(54)85-74(60)73-72(59)82(84)67-44-61-62(76(50-28-20-15-21-29-50)86-75(61)49-26-18-14-19-27-49)45-70(67)83(73)68-37-34-52(78(4,5)6)40-55(68)48-24-16-13-17-25-48/h13-37,40-47H,38-39H2,1-12H3. The first-order chi connectivity index (χ1) is 41.2. The Bertz CT molecular complexity index is 4800. The van der Waals surface area contributed by atoms with Gasteiger partial charge in [0.25, 0.3) is 0 Å². The van der Waals surface area contributed by atoms with Gasteiger partial charge in [-0.25, -0.2) is 0 Å². The van der Waals surface area contributed by atoms with Gasteiger partial charge in [0.15, 0.2) is 5.58 Å². The van der Waals surface area contributed by atoms with Crippen molar-refractivity contribution in [2.75, 3.05) is 9.71 Å². The van der Waals surface area contributed by atoms with E-state index in [4.69, 9.17) is 4.42 Å². The van der Waals surface area contributed by atoms with Crippen LogP contribution in [0.5, 0.6) is 0 Å². The van der Waals surface area contributed by atoms with Crippen LogP contribution in [0.1, 0.15) is 129 Å². The summed E-state index contributed by atoms with van der Waals surface area (Å²) in [6.07, 6.45) is 2.35. The molecule has 0 N–H and O–H groups in total. The smallest absolute Gasteiger partial charge is 0.333 e. The van der Waals surface area contributed by atoms with Crippen molar-refractivity contribution in [1.29, 1.82) is 0 Å². The SMILES string of the molecule is CC(C)(C)c1ccc(N2B3c4cc5c(-c6ccccc6)sc(-c6ccccc6)c5cc4N(c4ccc(C(C)(C)C)cc4-c4ccccc4)c4c3c(cc3c4oc4ccccc43)-c3cc4c(cc32)C(C)(C)c2cc3c(cc2-4)C(C)(C)CCC3(C)C)cc1. The molecule has 2 aromatic heterocycles. The molecule has 16 rings (SSSR count). The minimum Gasteiger partial charge on any atom is -0.454 e. The largest absolute Gasteiger partial charge is 0.454 e. The third-order valence-electron chi connectivity index (χ3n) is 20.4. The zero-order chi connectivity index (χ0) is 59.1. The second kappa shape index (κ2) is 18.3. The van der Waals surface area contributed by atoms with E-state index in [1.807, 2.05) is 11.3 Å². The summed E-state index contributed by atoms with van der Waals surface area (Å²) in [4.78, 5) is 7.92. The maximum Gasteiger partial charge on any atom is 0.333 e. The molecule has 2 aliphatic carbocycles. The van der Waals surface area contributed by atoms with E-state index in [-0.39, 0.29) is 33.9 Å². The zero-order valence-corrected chi connectivity index (χ0v) is 52.6. The lowest BCUT2D eigenvalue weighted by molar-refractivity contribution is 0.331. The van der Waals surface area contributed by atoms with Crippen LogP contribution in [0.3, 0.4) is 0 Å². The number of hydrogen-bond donors (Lipinski definition) is 0. The predicted molar refractivity (Wildman–Crippen MR) is 369 cm³/mol. The summed E-state index contributed by atoms with van der Waals surface area (Å²) < 4.78 is 7.52. The van der Waals surface area contributed by atoms with E-state index in [9.17, 15) is 0 Å². The fraction of sp³-hybridized carbons (Fsp3) is 0.235. The Labute approximate surface area is 512 Å². The van der Waals surface area contributed by atoms with Crippen LogP contribution in [0.2, 0.25) is 0 Å². The Morgan fingerprint density at radius 1 is 0.430 bits per heavy atom. The van der Waals surface area contributed by atoms with E-state index < -0.39 is 0 Å². The minimum absolute atomic E-state index is 0.0320. The number of anilines is 5. The average molecular weight is 1130 g/mol. The molecule has 3 nitrogen and oxygen atoms in total. The molecule has 2 aliphatic heterocycles. The van der Waals surface area contributed by atoms with E-state index in [0.29, 0.717) is 0 Å². The maximum absolute atomic E-state index is 7.52. The van der Waals surface area contributed by atoms with Crippen molar-refractivity contribution in [2.45, 2.75) is 123 Å². The van der Waals surface area contributed by atoms with Crippen LogP contribution in [0.25, 0.3) is 87.0 Å². The molecule has 0 bridgehead atoms. The second-order valence-corrected chi connectivity index (χ2v) is 30.1. The fourth-order valence-corrected chi connectivity index (χ4v) is 16.7. The quantitative estimate of drug-likeness (QED) is 0.160. The molecular weight excluding hydrogens is 1060 g/mol. The van der Waals surface area contributed by atoms with E-state index in [1.165, 1.54) is 128 Å². The molecule has 86 heavy (non-hydrogen) atoms. The van der Waals surface area contributed by atoms with Gasteiger partial charge in [-0.15, -0.1) is 11.3 Å². The van der Waals surface area contributed by atoms with Crippen LogP contribution in [0.15, 0.2) is 205 Å². The lowest BCUT2D eigenvalue weighted by Crippen LogP contribution is -2.61. The molecule has 0 amide bonds. The molecule has 4 heterocycles. The molecule has 422 valence electrons. The number of furan rings is 1. The summed E-state index contributed by atoms with van der Waals surface area (Å²) in [6.45, 7) is 28.6. The summed E-state index contributed by atoms with van der Waals surface area (Å²) >= 11 is 1.91. The van der Waals surface area contributed by atoms with Gasteiger partial charge in [0.2, 0.25) is 0 Å². The van der Waals surface area contributed by atoms with Crippen molar-refractivity contribution < 1.29 is 4.42 Å². The van der Waals surface area contributed by atoms with Crippen LogP contribution in [0, 0.1) is 0 Å². The van der Waals surface area contributed by atoms with Gasteiger partial charge >= 0.3 is 6.85 Å². The maximum atomic E-state index is 7.52. The van der Waals surface area contributed by atoms with Crippen LogP contribution < -0.4 is 20.6 Å². The Kier molecular flexibility index (Phi) is 11.3. The Morgan fingerprint density at radius 2 is 0.988 bits per heavy atom. The Hall–Kier alpha value is -8.38. The second-order valence-electron chi connectivity index (χ2n) is 29.1. The monoisotopic (exact) mass is 1130 g/mol. The van der Waals surface area contributed by atoms with E-state index in [1.54, 1.807) is 0 Å². The van der Waals surface area contributed by atoms with Gasteiger partial charge in [0.1, 0.15) is 5.58 Å². The van der Waals surface area contributed by atoms with E-state index in [2.05, 4.69) is 293 Å². The number of nitrogens with zero attached hydrogens (tertiary/aromatic N) is 2. The first-order valence-electron chi connectivity index (χ1n) is 31.1. The van der Waals surface area contributed by atoms with Crippen LogP contribution in [0.4, 0.5) is 28.4 Å². The number of fused-ring (bicyclic) bond motifs is 13. The number of thiophene rings is 1. The van der Waals surface area contributed by atoms with Gasteiger partial charge in [-0.2, -0.15) is 0 Å². The number of hydrogen-bond acceptors (Lipinski definition) is 4. The first-order valence-corrected chi connectivity index (χ1v) is 32.0. The van der Waals surface area contributed by atoms with Crippen molar-refractivity contribution in [3.05, 3.63) is 234 Å². The minimum atomic E-state index is -0.280. The van der Waals surface area contributed by atoms with Crippen molar-refractivity contribution in [3.8, 4) is 54.3 Å². The molecule has 0 saturated carbocycles. The summed E-state index contributed by atoms with van der Waals surface area (Å²) in [7, 11) is 0. The van der Waals surface area contributed by atoms with Crippen LogP contribution >= 0.6 is 11.3 Å². The van der Waals surface area contributed by atoms with Gasteiger partial charge in [-0.05, 0) is 173 Å². The summed E-state index contributed by atoms with van der Waals surface area (Å²) in [5.74, 6) is 0. The van der Waals surface area contributed by atoms with Crippen molar-refractivity contribution in [1.82, 2.24) is 0 Å². The number of benzene rings is 10. The van der Waals surface area contributed by atoms with Gasteiger partial charge in [-0.1, -0.05) is 223 Å². The molecule has 0 atom stereocenters. The predicted octanol–water partition coefficient (Wildman–Crippen LogP) is 21.8. The normalized spacial score (nSPS) is 16.0. The fourth-order valence-electron chi connectivity index (χ4n) is 15.4. The highest BCUT2D eigenvalue weighted by atomic mass is 32.1. The molecule has 10 aromatic carbocycles. The molecule has 0 spiro atoms. The summed E-state index contributed by atoms with van der Waals surface area (Å²) in [5, 5.41) is 4.73. The highest BCUT2D eigenvalue weighted by Gasteiger charge is 2.50. The van der Waals surface area contributed by atoms with Crippen molar-refractivity contribution >= 4 is 90.3 Å². The number of rotatable bonds is 5. The molecule has 0 unspecified atom stereocenters. The zero-order valence-electron chi connectivity index (χ0n) is 51.8. The molecule has 12 aromatic rings. The molecule has 0 radical (unpaired) electrons. The average Bonchev–Trinajstić information content (AvgIpc) is 1.21. The van der Waals surface area contributed by atoms with Gasteiger partial charge in [0, 0.05) is 64.9 Å². The summed E-state index contributed by atoms with van der Waals surface area (Å²) in [5.41, 5.74) is 28.2. The topological polar surface area (TPSA) is 19.6 Å². The first kappa shape index (κ1) is 53.1. The molecule has 5 heteroatoms. The van der Waals surface area contributed by atoms with Crippen LogP contribution in [-0.2, 0) is 27.1 Å². The van der Waals surface area contributed by atoms with Gasteiger partial charge < -0.3 is 14.1 Å². The third-order valence-corrected chi connectivity index (χ3v) is 21.7. The molecule has 4 aliphatic rings. The van der Waals surface area contributed by atoms with Crippen molar-refractivity contribution in [3.63, 3.8) is 0 Å².